The van der Waals surface area contributed by atoms with Crippen LogP contribution in [0.25, 0.3) is 11.1 Å². The average Bonchev–Trinajstić information content (AvgIpc) is 2.82. The molecule has 3 rings (SSSR count). The van der Waals surface area contributed by atoms with Gasteiger partial charge in [-0.25, -0.2) is 9.78 Å². The molecule has 182 valence electrons. The molecule has 0 atom stereocenters. The highest BCUT2D eigenvalue weighted by Crippen LogP contribution is 2.29. The van der Waals surface area contributed by atoms with Crippen LogP contribution in [0.2, 0.25) is 5.02 Å². The fourth-order valence-electron chi connectivity index (χ4n) is 3.63. The van der Waals surface area contributed by atoms with Gasteiger partial charge in [0, 0.05) is 45.0 Å². The number of nitriles is 2. The van der Waals surface area contributed by atoms with Crippen LogP contribution < -0.4 is 4.90 Å². The maximum Gasteiger partial charge on any atom is 0.410 e. The fraction of sp³-hybridized carbons (Fsp3) is 0.400. The van der Waals surface area contributed by atoms with Crippen molar-refractivity contribution in [1.29, 1.82) is 10.5 Å². The van der Waals surface area contributed by atoms with Gasteiger partial charge in [-0.15, -0.1) is 0 Å². The molecule has 1 aliphatic heterocycles. The lowest BCUT2D eigenvalue weighted by atomic mass is 10.0. The van der Waals surface area contributed by atoms with Crippen LogP contribution in [0.1, 0.15) is 36.7 Å². The molecule has 1 aliphatic rings. The second-order valence-electron chi connectivity index (χ2n) is 9.18. The van der Waals surface area contributed by atoms with Gasteiger partial charge in [-0.05, 0) is 44.5 Å². The number of rotatable bonds is 4. The van der Waals surface area contributed by atoms with Crippen molar-refractivity contribution in [2.75, 3.05) is 44.7 Å². The third-order valence-electron chi connectivity index (χ3n) is 5.41. The minimum atomic E-state index is -0.555. The minimum absolute atomic E-state index is 0.0418. The van der Waals surface area contributed by atoms with E-state index in [0.29, 0.717) is 54.3 Å². The summed E-state index contributed by atoms with van der Waals surface area (Å²) in [6, 6.07) is 10.9. The van der Waals surface area contributed by atoms with Crippen LogP contribution >= 0.6 is 11.6 Å². The van der Waals surface area contributed by atoms with Crippen LogP contribution in [0, 0.1) is 22.7 Å². The zero-order valence-corrected chi connectivity index (χ0v) is 21.0. The Bertz CT molecular complexity index is 1200. The number of carbonyl (C=O) groups is 2. The number of piperazine rings is 1. The van der Waals surface area contributed by atoms with E-state index in [0.717, 1.165) is 0 Å². The number of anilines is 1. The summed E-state index contributed by atoms with van der Waals surface area (Å²) in [4.78, 5) is 34.2. The van der Waals surface area contributed by atoms with Crippen molar-refractivity contribution in [2.24, 2.45) is 0 Å². The summed E-state index contributed by atoms with van der Waals surface area (Å²) in [5, 5.41) is 18.8. The number of aromatic nitrogens is 1. The Morgan fingerprint density at radius 3 is 2.40 bits per heavy atom. The standard InChI is InChI=1S/C25H27ClN6O3/c1-25(2,3)35-24(34)32-11-9-31(10-12-32)22-18(15-28)13-19(16-29-22)17-5-6-20(21(26)14-17)23(33)30(4)8-7-27/h5-6,13-14,16H,8-12H2,1-4H3. The first-order valence-electron chi connectivity index (χ1n) is 11.1. The first-order chi connectivity index (χ1) is 16.5. The molecule has 1 fully saturated rings. The molecule has 0 unspecified atom stereocenters. The maximum absolute atomic E-state index is 12.5. The van der Waals surface area contributed by atoms with Crippen LogP contribution in [-0.4, -0.2) is 72.2 Å². The molecule has 0 saturated carbocycles. The van der Waals surface area contributed by atoms with Crippen molar-refractivity contribution in [3.05, 3.63) is 46.6 Å². The Kier molecular flexibility index (Phi) is 7.83. The van der Waals surface area contributed by atoms with Gasteiger partial charge in [0.2, 0.25) is 0 Å². The van der Waals surface area contributed by atoms with Crippen molar-refractivity contribution < 1.29 is 14.3 Å². The van der Waals surface area contributed by atoms with Crippen molar-refractivity contribution in [1.82, 2.24) is 14.8 Å². The lowest BCUT2D eigenvalue weighted by Crippen LogP contribution is -2.50. The van der Waals surface area contributed by atoms with Gasteiger partial charge in [0.25, 0.3) is 5.91 Å². The molecule has 9 nitrogen and oxygen atoms in total. The molecule has 35 heavy (non-hydrogen) atoms. The van der Waals surface area contributed by atoms with E-state index in [-0.39, 0.29) is 23.6 Å². The number of hydrogen-bond donors (Lipinski definition) is 0. The molecule has 0 spiro atoms. The molecule has 0 radical (unpaired) electrons. The number of pyridine rings is 1. The van der Waals surface area contributed by atoms with E-state index in [9.17, 15) is 14.9 Å². The number of benzene rings is 1. The van der Waals surface area contributed by atoms with Gasteiger partial charge in [-0.3, -0.25) is 4.79 Å². The van der Waals surface area contributed by atoms with E-state index in [2.05, 4.69) is 11.1 Å². The van der Waals surface area contributed by atoms with Crippen LogP contribution in [0.5, 0.6) is 0 Å². The van der Waals surface area contributed by atoms with E-state index in [1.54, 1.807) is 35.4 Å². The summed E-state index contributed by atoms with van der Waals surface area (Å²) in [5.41, 5.74) is 1.53. The van der Waals surface area contributed by atoms with Crippen molar-refractivity contribution in [3.8, 4) is 23.3 Å². The molecule has 10 heteroatoms. The Balaban J connectivity index is 1.76. The largest absolute Gasteiger partial charge is 0.444 e. The zero-order chi connectivity index (χ0) is 25.8. The summed E-state index contributed by atoms with van der Waals surface area (Å²) in [6.45, 7) is 7.44. The topological polar surface area (TPSA) is 114 Å². The molecule has 2 aromatic rings. The van der Waals surface area contributed by atoms with Gasteiger partial charge in [-0.1, -0.05) is 17.7 Å². The predicted molar refractivity (Wildman–Crippen MR) is 132 cm³/mol. The molecular weight excluding hydrogens is 468 g/mol. The average molecular weight is 495 g/mol. The second-order valence-corrected chi connectivity index (χ2v) is 9.58. The molecule has 0 N–H and O–H groups in total. The normalized spacial score (nSPS) is 13.6. The molecule has 2 heterocycles. The highest BCUT2D eigenvalue weighted by molar-refractivity contribution is 6.34. The van der Waals surface area contributed by atoms with Gasteiger partial charge in [0.15, 0.2) is 0 Å². The summed E-state index contributed by atoms with van der Waals surface area (Å²) >= 11 is 6.36. The SMILES string of the molecule is CN(CC#N)C(=O)c1ccc(-c2cnc(N3CCN(C(=O)OC(C)(C)C)CC3)c(C#N)c2)cc1Cl. The van der Waals surface area contributed by atoms with Crippen LogP contribution in [0.3, 0.4) is 0 Å². The summed E-state index contributed by atoms with van der Waals surface area (Å²) in [7, 11) is 1.53. The Morgan fingerprint density at radius 1 is 1.14 bits per heavy atom. The van der Waals surface area contributed by atoms with Gasteiger partial charge in [0.05, 0.1) is 22.2 Å². The van der Waals surface area contributed by atoms with Gasteiger partial charge < -0.3 is 19.4 Å². The number of halogens is 1. The monoisotopic (exact) mass is 494 g/mol. The van der Waals surface area contributed by atoms with E-state index in [1.807, 2.05) is 31.7 Å². The van der Waals surface area contributed by atoms with Crippen molar-refractivity contribution in [3.63, 3.8) is 0 Å². The van der Waals surface area contributed by atoms with Crippen LogP contribution in [0.15, 0.2) is 30.5 Å². The third kappa shape index (κ3) is 6.20. The first kappa shape index (κ1) is 25.8. The first-order valence-corrected chi connectivity index (χ1v) is 11.5. The fourth-order valence-corrected chi connectivity index (χ4v) is 3.89. The predicted octanol–water partition coefficient (Wildman–Crippen LogP) is 3.93. The highest BCUT2D eigenvalue weighted by Gasteiger charge is 2.27. The molecule has 2 amide bonds. The molecule has 0 aliphatic carbocycles. The Morgan fingerprint density at radius 2 is 1.83 bits per heavy atom. The lowest BCUT2D eigenvalue weighted by molar-refractivity contribution is 0.0240. The molecule has 1 saturated heterocycles. The molecular formula is C25H27ClN6O3. The summed E-state index contributed by atoms with van der Waals surface area (Å²) in [5.74, 6) is 0.205. The number of hydrogen-bond acceptors (Lipinski definition) is 7. The second kappa shape index (κ2) is 10.6. The molecule has 1 aromatic heterocycles. The zero-order valence-electron chi connectivity index (χ0n) is 20.2. The van der Waals surface area contributed by atoms with Crippen LogP contribution in [-0.2, 0) is 4.74 Å². The highest BCUT2D eigenvalue weighted by atomic mass is 35.5. The van der Waals surface area contributed by atoms with Crippen LogP contribution in [0.4, 0.5) is 10.6 Å². The van der Waals surface area contributed by atoms with Gasteiger partial charge >= 0.3 is 6.09 Å². The van der Waals surface area contributed by atoms with Crippen molar-refractivity contribution in [2.45, 2.75) is 26.4 Å². The van der Waals surface area contributed by atoms with E-state index < -0.39 is 5.60 Å². The van der Waals surface area contributed by atoms with Gasteiger partial charge in [0.1, 0.15) is 24.0 Å². The van der Waals surface area contributed by atoms with E-state index in [1.165, 1.54) is 11.9 Å². The number of nitrogens with zero attached hydrogens (tertiary/aromatic N) is 6. The lowest BCUT2D eigenvalue weighted by Gasteiger charge is -2.36. The Hall–Kier alpha value is -3.82. The summed E-state index contributed by atoms with van der Waals surface area (Å²) in [6.07, 6.45) is 1.31. The minimum Gasteiger partial charge on any atom is -0.444 e. The van der Waals surface area contributed by atoms with Crippen molar-refractivity contribution >= 4 is 29.4 Å². The Labute approximate surface area is 210 Å². The smallest absolute Gasteiger partial charge is 0.410 e. The van der Waals surface area contributed by atoms with E-state index in [4.69, 9.17) is 21.6 Å². The molecule has 0 bridgehead atoms. The van der Waals surface area contributed by atoms with Gasteiger partial charge in [-0.2, -0.15) is 10.5 Å². The number of ether oxygens (including phenoxy) is 1. The van der Waals surface area contributed by atoms with E-state index >= 15 is 0 Å². The molecule has 1 aromatic carbocycles. The summed E-state index contributed by atoms with van der Waals surface area (Å²) < 4.78 is 5.44. The number of carbonyl (C=O) groups excluding carboxylic acids is 2. The quantitative estimate of drug-likeness (QED) is 0.591. The number of amides is 2. The maximum atomic E-state index is 12.5. The third-order valence-corrected chi connectivity index (χ3v) is 5.72.